The number of carbonyl (C=O) groups is 1. The monoisotopic (exact) mass is 296 g/mol. The van der Waals surface area contributed by atoms with Crippen LogP contribution < -0.4 is 10.5 Å². The second-order valence-electron chi connectivity index (χ2n) is 5.59. The van der Waals surface area contributed by atoms with Gasteiger partial charge in [-0.25, -0.2) is 4.79 Å². The Morgan fingerprint density at radius 2 is 1.95 bits per heavy atom. The molecule has 0 radical (unpaired) electrons. The Hall–Kier alpha value is -1.95. The average molecular weight is 296 g/mol. The summed E-state index contributed by atoms with van der Waals surface area (Å²) >= 11 is 0. The van der Waals surface area contributed by atoms with Gasteiger partial charge in [0.05, 0.1) is 26.5 Å². The van der Waals surface area contributed by atoms with Gasteiger partial charge in [0.2, 0.25) is 0 Å². The first-order valence-electron chi connectivity index (χ1n) is 6.74. The van der Waals surface area contributed by atoms with Gasteiger partial charge < -0.3 is 15.2 Å². The molecule has 2 N–H and O–H groups in total. The number of benzene rings is 1. The molecular weight excluding hydrogens is 272 g/mol. The molecule has 6 heteroatoms. The van der Waals surface area contributed by atoms with Crippen molar-refractivity contribution in [2.24, 2.45) is 0 Å². The zero-order valence-electron chi connectivity index (χ0n) is 13.3. The van der Waals surface area contributed by atoms with Gasteiger partial charge in [-0.15, -0.1) is 0 Å². The van der Waals surface area contributed by atoms with Crippen molar-refractivity contribution in [3.63, 3.8) is 0 Å². The van der Waals surface area contributed by atoms with Crippen LogP contribution in [0.5, 0.6) is 5.75 Å². The molecule has 1 amide bonds. The van der Waals surface area contributed by atoms with Crippen LogP contribution in [0, 0.1) is 0 Å². The zero-order valence-corrected chi connectivity index (χ0v) is 13.3. The highest BCUT2D eigenvalue weighted by Gasteiger charge is 2.22. The number of carbonyl (C=O) groups excluding carboxylic acids is 1. The van der Waals surface area contributed by atoms with Crippen LogP contribution in [0.1, 0.15) is 26.3 Å². The van der Waals surface area contributed by atoms with Crippen molar-refractivity contribution in [3.05, 3.63) is 23.8 Å². The predicted octanol–water partition coefficient (Wildman–Crippen LogP) is 2.62. The molecule has 1 rings (SSSR count). The minimum Gasteiger partial charge on any atom is -0.495 e. The first kappa shape index (κ1) is 17.1. The molecular formula is C15H24N2O4. The van der Waals surface area contributed by atoms with E-state index >= 15 is 0 Å². The van der Waals surface area contributed by atoms with Gasteiger partial charge in [0.15, 0.2) is 0 Å². The van der Waals surface area contributed by atoms with E-state index in [0.717, 1.165) is 5.56 Å². The number of rotatable bonds is 5. The second-order valence-corrected chi connectivity index (χ2v) is 5.59. The van der Waals surface area contributed by atoms with E-state index in [0.29, 0.717) is 24.4 Å². The molecule has 0 aliphatic heterocycles. The number of nitrogens with zero attached hydrogens (tertiary/aromatic N) is 1. The highest BCUT2D eigenvalue weighted by atomic mass is 16.7. The van der Waals surface area contributed by atoms with Crippen molar-refractivity contribution >= 4 is 11.8 Å². The Morgan fingerprint density at radius 1 is 1.29 bits per heavy atom. The smallest absolute Gasteiger partial charge is 0.434 e. The normalized spacial score (nSPS) is 11.1. The quantitative estimate of drug-likeness (QED) is 0.668. The standard InChI is InChI=1S/C15H24N2O4/c1-15(2,3)21-14(18)17(20-5)9-8-11-6-7-12(16)13(10-11)19-4/h6-7,10H,8-9,16H2,1-5H3. The summed E-state index contributed by atoms with van der Waals surface area (Å²) < 4.78 is 10.4. The highest BCUT2D eigenvalue weighted by Crippen LogP contribution is 2.22. The maximum absolute atomic E-state index is 11.9. The van der Waals surface area contributed by atoms with E-state index in [1.807, 2.05) is 32.9 Å². The fourth-order valence-electron chi connectivity index (χ4n) is 1.71. The molecule has 1 aromatic rings. The number of ether oxygens (including phenoxy) is 2. The lowest BCUT2D eigenvalue weighted by Gasteiger charge is -2.25. The SMILES string of the molecule is COc1cc(CCN(OC)C(=O)OC(C)(C)C)ccc1N. The maximum atomic E-state index is 11.9. The summed E-state index contributed by atoms with van der Waals surface area (Å²) in [6.07, 6.45) is 0.0939. The van der Waals surface area contributed by atoms with Crippen LogP contribution in [0.4, 0.5) is 10.5 Å². The van der Waals surface area contributed by atoms with Crippen molar-refractivity contribution in [2.75, 3.05) is 26.5 Å². The van der Waals surface area contributed by atoms with Gasteiger partial charge in [0.25, 0.3) is 0 Å². The van der Waals surface area contributed by atoms with Crippen LogP contribution in [-0.4, -0.2) is 37.5 Å². The summed E-state index contributed by atoms with van der Waals surface area (Å²) in [6.45, 7) is 5.80. The van der Waals surface area contributed by atoms with Crippen molar-refractivity contribution < 1.29 is 19.1 Å². The van der Waals surface area contributed by atoms with Crippen LogP contribution in [0.3, 0.4) is 0 Å². The first-order valence-corrected chi connectivity index (χ1v) is 6.74. The predicted molar refractivity (Wildman–Crippen MR) is 81.1 cm³/mol. The number of hydrogen-bond donors (Lipinski definition) is 1. The van der Waals surface area contributed by atoms with Gasteiger partial charge in [0.1, 0.15) is 11.4 Å². The summed E-state index contributed by atoms with van der Waals surface area (Å²) in [5, 5.41) is 1.19. The Bertz CT molecular complexity index is 483. The molecule has 0 atom stereocenters. The van der Waals surface area contributed by atoms with Gasteiger partial charge in [-0.2, -0.15) is 5.06 Å². The topological polar surface area (TPSA) is 74.0 Å². The molecule has 118 valence electrons. The van der Waals surface area contributed by atoms with Gasteiger partial charge in [-0.05, 0) is 44.9 Å². The first-order chi connectivity index (χ1) is 9.76. The van der Waals surface area contributed by atoms with E-state index in [2.05, 4.69) is 0 Å². The number of methoxy groups -OCH3 is 1. The fourth-order valence-corrected chi connectivity index (χ4v) is 1.71. The minimum atomic E-state index is -0.557. The zero-order chi connectivity index (χ0) is 16.0. The van der Waals surface area contributed by atoms with E-state index in [1.165, 1.54) is 12.2 Å². The van der Waals surface area contributed by atoms with Crippen molar-refractivity contribution in [1.82, 2.24) is 5.06 Å². The van der Waals surface area contributed by atoms with Crippen LogP contribution in [0.15, 0.2) is 18.2 Å². The third kappa shape index (κ3) is 5.51. The third-order valence-corrected chi connectivity index (χ3v) is 2.72. The molecule has 0 aliphatic rings. The molecule has 0 heterocycles. The van der Waals surface area contributed by atoms with Gasteiger partial charge in [-0.1, -0.05) is 6.07 Å². The lowest BCUT2D eigenvalue weighted by atomic mass is 10.1. The molecule has 0 fully saturated rings. The number of hydroxylamine groups is 2. The van der Waals surface area contributed by atoms with Gasteiger partial charge in [0, 0.05) is 0 Å². The van der Waals surface area contributed by atoms with E-state index in [9.17, 15) is 4.79 Å². The van der Waals surface area contributed by atoms with Gasteiger partial charge >= 0.3 is 6.09 Å². The van der Waals surface area contributed by atoms with Crippen LogP contribution in [0.2, 0.25) is 0 Å². The number of amides is 1. The molecule has 0 aliphatic carbocycles. The summed E-state index contributed by atoms with van der Waals surface area (Å²) in [4.78, 5) is 17.0. The van der Waals surface area contributed by atoms with Crippen LogP contribution in [-0.2, 0) is 16.0 Å². The Balaban J connectivity index is 2.65. The summed E-state index contributed by atoms with van der Waals surface area (Å²) in [5.41, 5.74) is 6.78. The molecule has 0 saturated carbocycles. The Kier molecular flexibility index (Phi) is 5.84. The number of nitrogens with two attached hydrogens (primary N) is 1. The lowest BCUT2D eigenvalue weighted by Crippen LogP contribution is -2.37. The molecule has 0 bridgehead atoms. The molecule has 21 heavy (non-hydrogen) atoms. The maximum Gasteiger partial charge on any atom is 0.434 e. The van der Waals surface area contributed by atoms with E-state index < -0.39 is 11.7 Å². The molecule has 6 nitrogen and oxygen atoms in total. The summed E-state index contributed by atoms with van der Waals surface area (Å²) in [6, 6.07) is 5.51. The number of hydrogen-bond acceptors (Lipinski definition) is 5. The van der Waals surface area contributed by atoms with Crippen LogP contribution in [0.25, 0.3) is 0 Å². The third-order valence-electron chi connectivity index (χ3n) is 2.72. The van der Waals surface area contributed by atoms with E-state index in [-0.39, 0.29) is 0 Å². The Morgan fingerprint density at radius 3 is 2.48 bits per heavy atom. The lowest BCUT2D eigenvalue weighted by molar-refractivity contribution is -0.123. The number of nitrogen functional groups attached to an aromatic ring is 1. The molecule has 0 aromatic heterocycles. The second kappa shape index (κ2) is 7.17. The Labute approximate surface area is 125 Å². The van der Waals surface area contributed by atoms with Crippen molar-refractivity contribution in [3.8, 4) is 5.75 Å². The summed E-state index contributed by atoms with van der Waals surface area (Å²) in [7, 11) is 3.01. The summed E-state index contributed by atoms with van der Waals surface area (Å²) in [5.74, 6) is 0.619. The molecule has 0 spiro atoms. The average Bonchev–Trinajstić information content (AvgIpc) is 2.39. The van der Waals surface area contributed by atoms with Crippen molar-refractivity contribution in [2.45, 2.75) is 32.8 Å². The van der Waals surface area contributed by atoms with Crippen molar-refractivity contribution in [1.29, 1.82) is 0 Å². The molecule has 0 saturated heterocycles. The largest absolute Gasteiger partial charge is 0.495 e. The molecule has 0 unspecified atom stereocenters. The minimum absolute atomic E-state index is 0.373. The molecule has 1 aromatic carbocycles. The van der Waals surface area contributed by atoms with E-state index in [4.69, 9.17) is 20.0 Å². The van der Waals surface area contributed by atoms with E-state index in [1.54, 1.807) is 13.2 Å². The van der Waals surface area contributed by atoms with Crippen LogP contribution >= 0.6 is 0 Å². The highest BCUT2D eigenvalue weighted by molar-refractivity contribution is 5.66. The number of anilines is 1. The fraction of sp³-hybridized carbons (Fsp3) is 0.533. The van der Waals surface area contributed by atoms with Gasteiger partial charge in [-0.3, -0.25) is 4.84 Å².